The van der Waals surface area contributed by atoms with Crippen molar-refractivity contribution in [3.8, 4) is 11.3 Å². The monoisotopic (exact) mass is 506 g/mol. The first-order chi connectivity index (χ1) is 17.7. The van der Waals surface area contributed by atoms with Gasteiger partial charge in [-0.05, 0) is 56.0 Å². The number of carboxylic acids is 2. The van der Waals surface area contributed by atoms with Crippen molar-refractivity contribution in [3.05, 3.63) is 77.0 Å². The second kappa shape index (κ2) is 13.4. The highest BCUT2D eigenvalue weighted by Gasteiger charge is 2.19. The minimum absolute atomic E-state index is 0.305. The van der Waals surface area contributed by atoms with Gasteiger partial charge in [0.1, 0.15) is 0 Å². The van der Waals surface area contributed by atoms with Crippen molar-refractivity contribution >= 4 is 17.8 Å². The summed E-state index contributed by atoms with van der Waals surface area (Å²) in [5.41, 5.74) is 7.23. The highest BCUT2D eigenvalue weighted by molar-refractivity contribution is 6.27. The lowest BCUT2D eigenvalue weighted by Crippen LogP contribution is -2.28. The predicted octanol–water partition coefficient (Wildman–Crippen LogP) is 3.47. The van der Waals surface area contributed by atoms with Crippen LogP contribution in [0.1, 0.15) is 41.5 Å². The first-order valence-electron chi connectivity index (χ1n) is 12.4. The number of hydrogen-bond acceptors (Lipinski definition) is 5. The Balaban J connectivity index is 0.000000568. The van der Waals surface area contributed by atoms with Gasteiger partial charge in [0, 0.05) is 43.4 Å². The lowest BCUT2D eigenvalue weighted by molar-refractivity contribution is -0.159. The molecule has 4 rings (SSSR count). The normalized spacial score (nSPS) is 12.8. The van der Waals surface area contributed by atoms with Crippen molar-refractivity contribution in [2.75, 3.05) is 19.6 Å². The lowest BCUT2D eigenvalue weighted by atomic mass is 10.0. The molecule has 0 radical (unpaired) electrons. The molecule has 1 amide bonds. The van der Waals surface area contributed by atoms with Crippen molar-refractivity contribution < 1.29 is 24.6 Å². The number of carbonyl (C=O) groups is 3. The van der Waals surface area contributed by atoms with E-state index in [4.69, 9.17) is 24.9 Å². The molecule has 2 heterocycles. The minimum Gasteiger partial charge on any atom is -0.473 e. The van der Waals surface area contributed by atoms with Gasteiger partial charge in [-0.1, -0.05) is 42.5 Å². The average molecular weight is 507 g/mol. The van der Waals surface area contributed by atoms with E-state index in [9.17, 15) is 4.79 Å². The van der Waals surface area contributed by atoms with Gasteiger partial charge in [0.2, 0.25) is 5.91 Å². The van der Waals surface area contributed by atoms with Gasteiger partial charge in [-0.25, -0.2) is 9.59 Å². The molecule has 0 aliphatic carbocycles. The third-order valence-electron chi connectivity index (χ3n) is 6.26. The second-order valence-corrected chi connectivity index (χ2v) is 9.11. The SMILES string of the molecule is Cc1ccc(-c2nn(Cc3ccccc3)cc2CNCCCN2CCCC2=O)cc1C.O=C(O)C(=O)O. The van der Waals surface area contributed by atoms with Crippen LogP contribution in [-0.4, -0.2) is 62.4 Å². The first kappa shape index (κ1) is 27.6. The van der Waals surface area contributed by atoms with Crippen molar-refractivity contribution in [2.45, 2.75) is 46.2 Å². The van der Waals surface area contributed by atoms with Crippen LogP contribution < -0.4 is 5.32 Å². The van der Waals surface area contributed by atoms with E-state index >= 15 is 0 Å². The Morgan fingerprint density at radius 3 is 2.38 bits per heavy atom. The van der Waals surface area contributed by atoms with Crippen LogP contribution in [0.2, 0.25) is 0 Å². The van der Waals surface area contributed by atoms with Crippen LogP contribution in [0.5, 0.6) is 0 Å². The summed E-state index contributed by atoms with van der Waals surface area (Å²) in [5, 5.41) is 23.3. The number of amides is 1. The summed E-state index contributed by atoms with van der Waals surface area (Å²) in [6.07, 6.45) is 4.86. The van der Waals surface area contributed by atoms with Crippen LogP contribution in [0.3, 0.4) is 0 Å². The van der Waals surface area contributed by atoms with Crippen molar-refractivity contribution in [1.82, 2.24) is 20.0 Å². The van der Waals surface area contributed by atoms with E-state index in [1.54, 1.807) is 0 Å². The van der Waals surface area contributed by atoms with Crippen LogP contribution in [0.25, 0.3) is 11.3 Å². The molecule has 3 N–H and O–H groups in total. The van der Waals surface area contributed by atoms with Gasteiger partial charge in [0.05, 0.1) is 12.2 Å². The maximum absolute atomic E-state index is 11.8. The van der Waals surface area contributed by atoms with E-state index in [0.717, 1.165) is 56.8 Å². The van der Waals surface area contributed by atoms with Crippen molar-refractivity contribution in [1.29, 1.82) is 0 Å². The number of benzene rings is 2. The van der Waals surface area contributed by atoms with Gasteiger partial charge >= 0.3 is 11.9 Å². The zero-order valence-electron chi connectivity index (χ0n) is 21.3. The summed E-state index contributed by atoms with van der Waals surface area (Å²) in [4.78, 5) is 31.9. The van der Waals surface area contributed by atoms with Crippen LogP contribution in [0, 0.1) is 13.8 Å². The molecule has 0 saturated carbocycles. The molecule has 196 valence electrons. The molecule has 0 bridgehead atoms. The number of likely N-dealkylation sites (tertiary alicyclic amines) is 1. The van der Waals surface area contributed by atoms with E-state index in [1.165, 1.54) is 22.3 Å². The Kier molecular flexibility index (Phi) is 9.97. The highest BCUT2D eigenvalue weighted by Crippen LogP contribution is 2.25. The van der Waals surface area contributed by atoms with E-state index in [-0.39, 0.29) is 0 Å². The molecule has 9 heteroatoms. The Bertz CT molecular complexity index is 1210. The Hall–Kier alpha value is -3.98. The number of aryl methyl sites for hydroxylation is 2. The third-order valence-corrected chi connectivity index (χ3v) is 6.26. The van der Waals surface area contributed by atoms with Crippen LogP contribution >= 0.6 is 0 Å². The summed E-state index contributed by atoms with van der Waals surface area (Å²) < 4.78 is 2.04. The molecular formula is C28H34N4O5. The standard InChI is InChI=1S/C26H32N4O.C2H2O4/c1-20-11-12-23(16-21(20)2)26-24(17-27-13-7-15-29-14-6-10-25(29)31)19-30(28-26)18-22-8-4-3-5-9-22;3-1(4)2(5)6/h3-5,8-9,11-12,16,19,27H,6-7,10,13-15,17-18H2,1-2H3;(H,3,4)(H,5,6). The second-order valence-electron chi connectivity index (χ2n) is 9.11. The maximum atomic E-state index is 11.8. The first-order valence-corrected chi connectivity index (χ1v) is 12.4. The highest BCUT2D eigenvalue weighted by atomic mass is 16.4. The Morgan fingerprint density at radius 1 is 1.03 bits per heavy atom. The number of carboxylic acid groups (broad SMARTS) is 2. The number of rotatable bonds is 9. The smallest absolute Gasteiger partial charge is 0.414 e. The fourth-order valence-electron chi connectivity index (χ4n) is 4.13. The summed E-state index contributed by atoms with van der Waals surface area (Å²) in [7, 11) is 0. The molecule has 2 aromatic carbocycles. The lowest BCUT2D eigenvalue weighted by Gasteiger charge is -2.15. The molecule has 0 unspecified atom stereocenters. The molecule has 0 atom stereocenters. The number of aliphatic carboxylic acids is 2. The number of nitrogens with zero attached hydrogens (tertiary/aromatic N) is 3. The zero-order valence-corrected chi connectivity index (χ0v) is 21.3. The fourth-order valence-corrected chi connectivity index (χ4v) is 4.13. The minimum atomic E-state index is -1.82. The van der Waals surface area contributed by atoms with Crippen LogP contribution in [0.4, 0.5) is 0 Å². The molecule has 1 aliphatic heterocycles. The van der Waals surface area contributed by atoms with Gasteiger partial charge < -0.3 is 20.4 Å². The van der Waals surface area contributed by atoms with Crippen LogP contribution in [-0.2, 0) is 27.5 Å². The van der Waals surface area contributed by atoms with Crippen molar-refractivity contribution in [3.63, 3.8) is 0 Å². The fraction of sp³-hybridized carbons (Fsp3) is 0.357. The van der Waals surface area contributed by atoms with Crippen LogP contribution in [0.15, 0.2) is 54.7 Å². The summed E-state index contributed by atoms with van der Waals surface area (Å²) in [6.45, 7) is 8.48. The van der Waals surface area contributed by atoms with Gasteiger partial charge in [0.25, 0.3) is 0 Å². The topological polar surface area (TPSA) is 125 Å². The summed E-state index contributed by atoms with van der Waals surface area (Å²) in [5.74, 6) is -3.34. The number of carbonyl (C=O) groups excluding carboxylic acids is 1. The third kappa shape index (κ3) is 8.28. The Morgan fingerprint density at radius 2 is 1.76 bits per heavy atom. The number of nitrogens with one attached hydrogen (secondary N) is 1. The van der Waals surface area contributed by atoms with Gasteiger partial charge in [-0.3, -0.25) is 9.48 Å². The van der Waals surface area contributed by atoms with E-state index in [2.05, 4.69) is 67.8 Å². The molecular weight excluding hydrogens is 472 g/mol. The Labute approximate surface area is 216 Å². The predicted molar refractivity (Wildman–Crippen MR) is 140 cm³/mol. The molecule has 1 fully saturated rings. The molecule has 1 aromatic heterocycles. The molecule has 0 spiro atoms. The van der Waals surface area contributed by atoms with Gasteiger partial charge in [-0.15, -0.1) is 0 Å². The number of hydrogen-bond donors (Lipinski definition) is 3. The largest absolute Gasteiger partial charge is 0.473 e. The van der Waals surface area contributed by atoms with E-state index < -0.39 is 11.9 Å². The van der Waals surface area contributed by atoms with E-state index in [0.29, 0.717) is 12.3 Å². The molecule has 1 saturated heterocycles. The van der Waals surface area contributed by atoms with Gasteiger partial charge in [-0.2, -0.15) is 5.10 Å². The molecule has 9 nitrogen and oxygen atoms in total. The molecule has 1 aliphatic rings. The maximum Gasteiger partial charge on any atom is 0.414 e. The average Bonchev–Trinajstić information content (AvgIpc) is 3.47. The summed E-state index contributed by atoms with van der Waals surface area (Å²) >= 11 is 0. The van der Waals surface area contributed by atoms with Gasteiger partial charge in [0.15, 0.2) is 0 Å². The quantitative estimate of drug-likeness (QED) is 0.300. The number of aromatic nitrogens is 2. The van der Waals surface area contributed by atoms with Crippen molar-refractivity contribution in [2.24, 2.45) is 0 Å². The summed E-state index contributed by atoms with van der Waals surface area (Å²) in [6, 6.07) is 17.0. The van der Waals surface area contributed by atoms with E-state index in [1.807, 2.05) is 15.6 Å². The zero-order chi connectivity index (χ0) is 26.8. The molecule has 3 aromatic rings. The molecule has 37 heavy (non-hydrogen) atoms.